The maximum Gasteiger partial charge on any atom is 0.244 e. The van der Waals surface area contributed by atoms with Crippen molar-refractivity contribution in [3.05, 3.63) is 17.6 Å². The molecule has 21 heavy (non-hydrogen) atoms. The summed E-state index contributed by atoms with van der Waals surface area (Å²) in [6.07, 6.45) is 5.88. The SMILES string of the molecule is CCC1CCC(CNS(=O)(=O)c2cc(CN)oc2C)CC1. The molecular weight excluding hydrogens is 288 g/mol. The van der Waals surface area contributed by atoms with Crippen LogP contribution >= 0.6 is 0 Å². The standard InChI is InChI=1S/C15H26N2O3S/c1-3-12-4-6-13(7-5-12)10-17-21(18,19)15-8-14(9-16)20-11(15)2/h8,12-13,17H,3-7,9-10,16H2,1-2H3. The Morgan fingerprint density at radius 2 is 1.90 bits per heavy atom. The van der Waals surface area contributed by atoms with Gasteiger partial charge in [-0.3, -0.25) is 0 Å². The Bertz CT molecular complexity index is 557. The van der Waals surface area contributed by atoms with Crippen LogP contribution in [0.15, 0.2) is 15.4 Å². The number of nitrogens with two attached hydrogens (primary N) is 1. The highest BCUT2D eigenvalue weighted by Crippen LogP contribution is 2.30. The highest BCUT2D eigenvalue weighted by molar-refractivity contribution is 7.89. The Hall–Kier alpha value is -0.850. The van der Waals surface area contributed by atoms with Gasteiger partial charge in [-0.15, -0.1) is 0 Å². The summed E-state index contributed by atoms with van der Waals surface area (Å²) in [4.78, 5) is 0.213. The molecule has 0 radical (unpaired) electrons. The lowest BCUT2D eigenvalue weighted by atomic mass is 9.81. The summed E-state index contributed by atoms with van der Waals surface area (Å²) in [6.45, 7) is 4.60. The van der Waals surface area contributed by atoms with Crippen molar-refractivity contribution >= 4 is 10.0 Å². The van der Waals surface area contributed by atoms with Crippen molar-refractivity contribution in [2.24, 2.45) is 17.6 Å². The van der Waals surface area contributed by atoms with Crippen LogP contribution in [0.1, 0.15) is 50.5 Å². The van der Waals surface area contributed by atoms with E-state index in [4.69, 9.17) is 10.2 Å². The molecule has 1 aliphatic carbocycles. The molecule has 0 amide bonds. The van der Waals surface area contributed by atoms with Crippen LogP contribution in [0.2, 0.25) is 0 Å². The molecule has 0 aromatic carbocycles. The predicted octanol–water partition coefficient (Wildman–Crippen LogP) is 2.54. The molecule has 2 rings (SSSR count). The van der Waals surface area contributed by atoms with Gasteiger partial charge in [-0.25, -0.2) is 13.1 Å². The third-order valence-electron chi connectivity index (χ3n) is 4.52. The van der Waals surface area contributed by atoms with Gasteiger partial charge in [-0.2, -0.15) is 0 Å². The average Bonchev–Trinajstić information content (AvgIpc) is 2.88. The minimum absolute atomic E-state index is 0.206. The molecule has 120 valence electrons. The molecule has 1 aromatic rings. The summed E-state index contributed by atoms with van der Waals surface area (Å²) >= 11 is 0. The molecule has 6 heteroatoms. The summed E-state index contributed by atoms with van der Waals surface area (Å²) in [6, 6.07) is 1.52. The third kappa shape index (κ3) is 4.08. The Balaban J connectivity index is 1.94. The van der Waals surface area contributed by atoms with Crippen LogP contribution in [0.3, 0.4) is 0 Å². The maximum absolute atomic E-state index is 12.3. The van der Waals surface area contributed by atoms with Crippen molar-refractivity contribution in [1.82, 2.24) is 4.72 Å². The van der Waals surface area contributed by atoms with Crippen molar-refractivity contribution < 1.29 is 12.8 Å². The van der Waals surface area contributed by atoms with Crippen LogP contribution in [-0.2, 0) is 16.6 Å². The van der Waals surface area contributed by atoms with Crippen LogP contribution in [0, 0.1) is 18.8 Å². The van der Waals surface area contributed by atoms with E-state index in [1.807, 2.05) is 0 Å². The monoisotopic (exact) mass is 314 g/mol. The van der Waals surface area contributed by atoms with Crippen molar-refractivity contribution in [2.45, 2.75) is 57.4 Å². The zero-order valence-electron chi connectivity index (χ0n) is 12.9. The molecule has 1 saturated carbocycles. The van der Waals surface area contributed by atoms with Crippen molar-refractivity contribution in [2.75, 3.05) is 6.54 Å². The van der Waals surface area contributed by atoms with E-state index >= 15 is 0 Å². The van der Waals surface area contributed by atoms with Gasteiger partial charge in [0, 0.05) is 12.6 Å². The second kappa shape index (κ2) is 6.94. The zero-order chi connectivity index (χ0) is 15.5. The Labute approximate surface area is 127 Å². The largest absolute Gasteiger partial charge is 0.464 e. The van der Waals surface area contributed by atoms with Crippen LogP contribution in [0.5, 0.6) is 0 Å². The van der Waals surface area contributed by atoms with E-state index in [1.165, 1.54) is 25.3 Å². The van der Waals surface area contributed by atoms with Crippen LogP contribution in [-0.4, -0.2) is 15.0 Å². The van der Waals surface area contributed by atoms with Crippen LogP contribution in [0.4, 0.5) is 0 Å². The number of nitrogens with one attached hydrogen (secondary N) is 1. The van der Waals surface area contributed by atoms with Crippen molar-refractivity contribution in [1.29, 1.82) is 0 Å². The van der Waals surface area contributed by atoms with Crippen molar-refractivity contribution in [3.8, 4) is 0 Å². The summed E-state index contributed by atoms with van der Waals surface area (Å²) in [5, 5.41) is 0. The van der Waals surface area contributed by atoms with Crippen molar-refractivity contribution in [3.63, 3.8) is 0 Å². The molecule has 0 saturated heterocycles. The van der Waals surface area contributed by atoms with E-state index in [1.54, 1.807) is 6.92 Å². The number of hydrogen-bond acceptors (Lipinski definition) is 4. The van der Waals surface area contributed by atoms with E-state index < -0.39 is 10.0 Å². The highest BCUT2D eigenvalue weighted by atomic mass is 32.2. The molecule has 1 heterocycles. The highest BCUT2D eigenvalue weighted by Gasteiger charge is 2.24. The maximum atomic E-state index is 12.3. The molecule has 1 aliphatic rings. The van der Waals surface area contributed by atoms with Gasteiger partial charge >= 0.3 is 0 Å². The lowest BCUT2D eigenvalue weighted by molar-refractivity contribution is 0.270. The Morgan fingerprint density at radius 3 is 2.43 bits per heavy atom. The minimum Gasteiger partial charge on any atom is -0.464 e. The quantitative estimate of drug-likeness (QED) is 0.845. The van der Waals surface area contributed by atoms with E-state index in [2.05, 4.69) is 11.6 Å². The lowest BCUT2D eigenvalue weighted by Crippen LogP contribution is -2.31. The number of furan rings is 1. The Morgan fingerprint density at radius 1 is 1.29 bits per heavy atom. The van der Waals surface area contributed by atoms with Crippen LogP contribution < -0.4 is 10.5 Å². The second-order valence-electron chi connectivity index (χ2n) is 5.98. The summed E-state index contributed by atoms with van der Waals surface area (Å²) < 4.78 is 32.7. The van der Waals surface area contributed by atoms with Gasteiger partial charge in [0.15, 0.2) is 0 Å². The molecule has 0 spiro atoms. The Kier molecular flexibility index (Phi) is 5.46. The molecule has 0 aliphatic heterocycles. The molecule has 0 bridgehead atoms. The first-order chi connectivity index (χ1) is 9.96. The average molecular weight is 314 g/mol. The molecule has 0 atom stereocenters. The third-order valence-corrected chi connectivity index (χ3v) is 6.05. The second-order valence-corrected chi connectivity index (χ2v) is 7.72. The van der Waals surface area contributed by atoms with Gasteiger partial charge in [0.25, 0.3) is 0 Å². The lowest BCUT2D eigenvalue weighted by Gasteiger charge is -2.27. The summed E-state index contributed by atoms with van der Waals surface area (Å²) in [7, 11) is -3.50. The van der Waals surface area contributed by atoms with Gasteiger partial charge in [-0.1, -0.05) is 26.2 Å². The van der Waals surface area contributed by atoms with Gasteiger partial charge in [0.1, 0.15) is 16.4 Å². The van der Waals surface area contributed by atoms with Gasteiger partial charge < -0.3 is 10.2 Å². The first kappa shape index (κ1) is 16.5. The fourth-order valence-electron chi connectivity index (χ4n) is 3.04. The van der Waals surface area contributed by atoms with Gasteiger partial charge in [0.05, 0.1) is 6.54 Å². The number of aryl methyl sites for hydroxylation is 1. The fourth-order valence-corrected chi connectivity index (χ4v) is 4.36. The smallest absolute Gasteiger partial charge is 0.244 e. The number of rotatable bonds is 6. The first-order valence-corrected chi connectivity index (χ1v) is 9.23. The fraction of sp³-hybridized carbons (Fsp3) is 0.733. The number of hydrogen-bond donors (Lipinski definition) is 2. The molecule has 3 N–H and O–H groups in total. The van der Waals surface area contributed by atoms with Crippen LogP contribution in [0.25, 0.3) is 0 Å². The summed E-state index contributed by atoms with van der Waals surface area (Å²) in [5.41, 5.74) is 5.48. The van der Waals surface area contributed by atoms with Gasteiger partial charge in [0.2, 0.25) is 10.0 Å². The van der Waals surface area contributed by atoms with Gasteiger partial charge in [-0.05, 0) is 31.6 Å². The molecule has 1 aromatic heterocycles. The van der Waals surface area contributed by atoms with E-state index in [0.717, 1.165) is 18.8 Å². The minimum atomic E-state index is -3.50. The molecule has 0 unspecified atom stereocenters. The molecule has 1 fully saturated rings. The molecule has 5 nitrogen and oxygen atoms in total. The zero-order valence-corrected chi connectivity index (χ0v) is 13.7. The number of sulfonamides is 1. The van der Waals surface area contributed by atoms with E-state index in [9.17, 15) is 8.42 Å². The van der Waals surface area contributed by atoms with E-state index in [0.29, 0.717) is 24.0 Å². The predicted molar refractivity (Wildman–Crippen MR) is 82.3 cm³/mol. The first-order valence-electron chi connectivity index (χ1n) is 7.75. The normalized spacial score (nSPS) is 23.4. The summed E-state index contributed by atoms with van der Waals surface area (Å²) in [5.74, 6) is 2.17. The topological polar surface area (TPSA) is 85.3 Å². The molecular formula is C15H26N2O3S. The van der Waals surface area contributed by atoms with E-state index in [-0.39, 0.29) is 11.4 Å².